The fourth-order valence-corrected chi connectivity index (χ4v) is 11.5. The van der Waals surface area contributed by atoms with Gasteiger partial charge in [-0.2, -0.15) is 0 Å². The van der Waals surface area contributed by atoms with Crippen molar-refractivity contribution in [3.05, 3.63) is 182 Å². The van der Waals surface area contributed by atoms with E-state index in [1.54, 1.807) is 182 Å². The average molecular weight is 707 g/mol. The molecule has 0 aliphatic carbocycles. The smallest absolute Gasteiger partial charge is 0.384 e. The van der Waals surface area contributed by atoms with E-state index in [2.05, 4.69) is 0 Å². The van der Waals surface area contributed by atoms with Gasteiger partial charge in [-0.1, -0.05) is 109 Å². The third kappa shape index (κ3) is 6.20. The maximum Gasteiger partial charge on any atom is 0.384 e. The van der Waals surface area contributed by atoms with Gasteiger partial charge in [0, 0.05) is 29.4 Å². The monoisotopic (exact) mass is 706 g/mol. The summed E-state index contributed by atoms with van der Waals surface area (Å²) in [6, 6.07) is 52.1. The highest BCUT2D eigenvalue weighted by Crippen LogP contribution is 2.71. The van der Waals surface area contributed by atoms with Crippen LogP contribution in [0.1, 0.15) is 0 Å². The van der Waals surface area contributed by atoms with Crippen molar-refractivity contribution in [3.8, 4) is 0 Å². The van der Waals surface area contributed by atoms with Gasteiger partial charge < -0.3 is 28.8 Å². The molecule has 0 heterocycles. The van der Waals surface area contributed by atoms with Gasteiger partial charge in [0.2, 0.25) is 0 Å². The second-order valence-electron chi connectivity index (χ2n) is 11.1. The van der Waals surface area contributed by atoms with Gasteiger partial charge in [0.15, 0.2) is 0 Å². The van der Waals surface area contributed by atoms with Crippen molar-refractivity contribution in [1.29, 1.82) is 0 Å². The van der Waals surface area contributed by atoms with Crippen LogP contribution in [0.25, 0.3) is 0 Å². The van der Waals surface area contributed by atoms with Crippen LogP contribution in [0.4, 0.5) is 0 Å². The summed E-state index contributed by atoms with van der Waals surface area (Å²) in [6.45, 7) is 0. The van der Waals surface area contributed by atoms with E-state index in [1.165, 1.54) is 0 Å². The van der Waals surface area contributed by atoms with E-state index in [1.807, 2.05) is 0 Å². The van der Waals surface area contributed by atoms with Crippen LogP contribution in [0, 0.1) is 0 Å². The van der Waals surface area contributed by atoms with Crippen molar-refractivity contribution < 1.29 is 38.4 Å². The van der Waals surface area contributed by atoms with E-state index < -0.39 is 44.1 Å². The zero-order valence-electron chi connectivity index (χ0n) is 26.6. The molecule has 0 saturated carbocycles. The molecule has 0 unspecified atom stereocenters. The summed E-state index contributed by atoms with van der Waals surface area (Å²) in [6.07, 6.45) is 0. The Hall–Kier alpha value is -5.20. The van der Waals surface area contributed by atoms with Crippen LogP contribution in [-0.4, -0.2) is 43.9 Å². The second kappa shape index (κ2) is 14.3. The molecule has 6 rings (SSSR count). The summed E-state index contributed by atoms with van der Waals surface area (Å²) in [7, 11) is -6.21. The first-order valence-electron chi connectivity index (χ1n) is 15.5. The maximum atomic E-state index is 14.1. The Labute approximate surface area is 292 Å². The molecule has 0 fully saturated rings. The topological polar surface area (TPSA) is 134 Å². The first kappa shape index (κ1) is 34.7. The van der Waals surface area contributed by atoms with Gasteiger partial charge in [-0.05, 0) is 93.4 Å². The summed E-state index contributed by atoms with van der Waals surface area (Å²) in [4.78, 5) is 31.2. The predicted octanol–water partition coefficient (Wildman–Crippen LogP) is 7.23. The molecule has 0 bridgehead atoms. The summed E-state index contributed by atoms with van der Waals surface area (Å²) in [5.74, 6) is -12.2. The number of benzene rings is 6. The Kier molecular flexibility index (Phi) is 9.94. The Bertz CT molecular complexity index is 1690. The SMILES string of the molecule is O=C(OS(c1ccccc1)(c1ccccc1)c1ccccc1)C(O)(O)C(O)(O)C(=O)OS(c1ccccc1)(c1ccccc1)c1ccccc1. The standard InChI is InChI=1S/C40H34O8S2/c41-37(47-49(31-19-7-1-8-20-31,32-21-9-2-10-22-32)33-23-11-3-12-24-33)39(43,44)40(45,46)38(42)48-50(34-25-13-4-14-26-34,35-27-15-5-16-28-35)36-29-17-6-18-30-36/h1-30,43-46H. The van der Waals surface area contributed by atoms with Crippen LogP contribution >= 0.6 is 20.6 Å². The molecule has 4 N–H and O–H groups in total. The molecular formula is C40H34O8S2. The molecule has 254 valence electrons. The van der Waals surface area contributed by atoms with Gasteiger partial charge in [-0.25, -0.2) is 9.59 Å². The lowest BCUT2D eigenvalue weighted by Gasteiger charge is -2.43. The van der Waals surface area contributed by atoms with Crippen molar-refractivity contribution >= 4 is 32.6 Å². The molecule has 6 aromatic rings. The van der Waals surface area contributed by atoms with Gasteiger partial charge in [0.25, 0.3) is 0 Å². The zero-order chi connectivity index (χ0) is 35.2. The molecule has 10 heteroatoms. The second-order valence-corrected chi connectivity index (χ2v) is 16.5. The number of hydrogen-bond acceptors (Lipinski definition) is 8. The maximum absolute atomic E-state index is 14.1. The van der Waals surface area contributed by atoms with Gasteiger partial charge >= 0.3 is 23.5 Å². The number of carbonyl (C=O) groups is 2. The van der Waals surface area contributed by atoms with Gasteiger partial charge in [0.05, 0.1) is 0 Å². The molecule has 0 radical (unpaired) electrons. The van der Waals surface area contributed by atoms with Crippen molar-refractivity contribution in [2.24, 2.45) is 0 Å². The quantitative estimate of drug-likeness (QED) is 0.104. The third-order valence-corrected chi connectivity index (χ3v) is 14.3. The van der Waals surface area contributed by atoms with Crippen molar-refractivity contribution in [1.82, 2.24) is 0 Å². The fraction of sp³-hybridized carbons (Fsp3) is 0.0500. The minimum atomic E-state index is -4.21. The normalized spacial score (nSPS) is 12.8. The number of carbonyl (C=O) groups excluding carboxylic acids is 2. The number of aliphatic hydroxyl groups is 4. The summed E-state index contributed by atoms with van der Waals surface area (Å²) < 4.78 is 12.2. The van der Waals surface area contributed by atoms with Crippen LogP contribution in [0.5, 0.6) is 0 Å². The molecule has 0 atom stereocenters. The Morgan fingerprint density at radius 1 is 0.340 bits per heavy atom. The molecule has 0 saturated heterocycles. The van der Waals surface area contributed by atoms with Crippen molar-refractivity contribution in [2.45, 2.75) is 40.9 Å². The van der Waals surface area contributed by atoms with Crippen molar-refractivity contribution in [3.63, 3.8) is 0 Å². The Morgan fingerprint density at radius 3 is 0.660 bits per heavy atom. The van der Waals surface area contributed by atoms with Gasteiger partial charge in [-0.3, -0.25) is 0 Å². The summed E-state index contributed by atoms with van der Waals surface area (Å²) in [5.41, 5.74) is 0. The highest BCUT2D eigenvalue weighted by atomic mass is 32.3. The van der Waals surface area contributed by atoms with E-state index in [-0.39, 0.29) is 0 Å². The molecule has 0 aliphatic heterocycles. The lowest BCUT2D eigenvalue weighted by Crippen LogP contribution is -2.65. The van der Waals surface area contributed by atoms with Gasteiger partial charge in [0.1, 0.15) is 0 Å². The first-order chi connectivity index (χ1) is 24.1. The van der Waals surface area contributed by atoms with Crippen LogP contribution < -0.4 is 0 Å². The van der Waals surface area contributed by atoms with E-state index in [0.29, 0.717) is 29.4 Å². The van der Waals surface area contributed by atoms with E-state index >= 15 is 0 Å². The highest BCUT2D eigenvalue weighted by molar-refractivity contribution is 8.30. The molecule has 8 nitrogen and oxygen atoms in total. The molecule has 0 spiro atoms. The molecule has 50 heavy (non-hydrogen) atoms. The highest BCUT2D eigenvalue weighted by Gasteiger charge is 2.64. The Balaban J connectivity index is 1.45. The summed E-state index contributed by atoms with van der Waals surface area (Å²) >= 11 is 0. The molecule has 0 aromatic heterocycles. The minimum Gasteiger partial charge on any atom is -0.398 e. The molecule has 0 amide bonds. The van der Waals surface area contributed by atoms with Crippen LogP contribution in [0.15, 0.2) is 211 Å². The summed E-state index contributed by atoms with van der Waals surface area (Å²) in [5, 5.41) is 45.6. The third-order valence-electron chi connectivity index (χ3n) is 7.91. The number of hydrogen-bond donors (Lipinski definition) is 4. The lowest BCUT2D eigenvalue weighted by molar-refractivity contribution is -0.330. The predicted molar refractivity (Wildman–Crippen MR) is 190 cm³/mol. The van der Waals surface area contributed by atoms with Crippen LogP contribution in [0.3, 0.4) is 0 Å². The van der Waals surface area contributed by atoms with Crippen LogP contribution in [0.2, 0.25) is 0 Å². The molecule has 6 aromatic carbocycles. The number of rotatable bonds is 11. The van der Waals surface area contributed by atoms with Crippen molar-refractivity contribution in [2.75, 3.05) is 0 Å². The largest absolute Gasteiger partial charge is 0.398 e. The minimum absolute atomic E-state index is 0.492. The first-order valence-corrected chi connectivity index (χ1v) is 18.6. The molecule has 0 aliphatic rings. The average Bonchev–Trinajstić information content (AvgIpc) is 3.17. The lowest BCUT2D eigenvalue weighted by atomic mass is 10.1. The molecular weight excluding hydrogens is 673 g/mol. The van der Waals surface area contributed by atoms with E-state index in [4.69, 9.17) is 8.37 Å². The Morgan fingerprint density at radius 2 is 0.500 bits per heavy atom. The van der Waals surface area contributed by atoms with Crippen LogP contribution in [-0.2, 0) is 18.0 Å². The van der Waals surface area contributed by atoms with E-state index in [0.717, 1.165) is 0 Å². The van der Waals surface area contributed by atoms with Gasteiger partial charge in [-0.15, -0.1) is 0 Å². The fourth-order valence-electron chi connectivity index (χ4n) is 5.41. The zero-order valence-corrected chi connectivity index (χ0v) is 28.2. The van der Waals surface area contributed by atoms with E-state index in [9.17, 15) is 30.0 Å².